The largest absolute Gasteiger partial charge is 0.496 e. The molecule has 0 atom stereocenters. The second-order valence-electron chi connectivity index (χ2n) is 5.86. The first-order valence-corrected chi connectivity index (χ1v) is 7.41. The van der Waals surface area contributed by atoms with E-state index in [0.717, 1.165) is 23.4 Å². The molecular formula is C16H26N2O3. The van der Waals surface area contributed by atoms with Gasteiger partial charge in [-0.25, -0.2) is 0 Å². The predicted molar refractivity (Wildman–Crippen MR) is 82.2 cm³/mol. The van der Waals surface area contributed by atoms with Gasteiger partial charge in [0, 0.05) is 51.3 Å². The summed E-state index contributed by atoms with van der Waals surface area (Å²) < 4.78 is 10.7. The number of ether oxygens (including phenoxy) is 2. The first-order chi connectivity index (χ1) is 10.1. The van der Waals surface area contributed by atoms with Gasteiger partial charge in [-0.05, 0) is 18.7 Å². The van der Waals surface area contributed by atoms with Crippen molar-refractivity contribution in [2.24, 2.45) is 5.73 Å². The van der Waals surface area contributed by atoms with Gasteiger partial charge in [0.2, 0.25) is 0 Å². The monoisotopic (exact) mass is 294 g/mol. The summed E-state index contributed by atoms with van der Waals surface area (Å²) in [4.78, 5) is 2.14. The van der Waals surface area contributed by atoms with Gasteiger partial charge in [0.15, 0.2) is 0 Å². The Kier molecular flexibility index (Phi) is 5.58. The fraction of sp³-hybridized carbons (Fsp3) is 0.625. The van der Waals surface area contributed by atoms with Crippen molar-refractivity contribution >= 4 is 0 Å². The van der Waals surface area contributed by atoms with Crippen LogP contribution in [0.5, 0.6) is 5.75 Å². The summed E-state index contributed by atoms with van der Waals surface area (Å²) in [6, 6.07) is 6.09. The van der Waals surface area contributed by atoms with E-state index in [1.807, 2.05) is 19.2 Å². The number of hydrogen-bond acceptors (Lipinski definition) is 5. The van der Waals surface area contributed by atoms with Crippen molar-refractivity contribution < 1.29 is 14.6 Å². The van der Waals surface area contributed by atoms with Crippen LogP contribution in [-0.2, 0) is 17.8 Å². The van der Waals surface area contributed by atoms with Gasteiger partial charge in [0.25, 0.3) is 0 Å². The Hall–Kier alpha value is -1.14. The first kappa shape index (κ1) is 16.2. The summed E-state index contributed by atoms with van der Waals surface area (Å²) in [5, 5.41) is 10.5. The minimum atomic E-state index is -0.631. The fourth-order valence-corrected chi connectivity index (χ4v) is 2.84. The highest BCUT2D eigenvalue weighted by atomic mass is 16.5. The molecule has 3 N–H and O–H groups in total. The zero-order valence-electron chi connectivity index (χ0n) is 13.0. The molecule has 0 unspecified atom stereocenters. The minimum absolute atomic E-state index is 0.471. The molecule has 0 aliphatic carbocycles. The van der Waals surface area contributed by atoms with Crippen molar-refractivity contribution in [1.82, 2.24) is 4.90 Å². The van der Waals surface area contributed by atoms with Crippen molar-refractivity contribution in [3.8, 4) is 5.75 Å². The van der Waals surface area contributed by atoms with Crippen LogP contribution in [0.15, 0.2) is 18.2 Å². The number of aliphatic hydroxyl groups is 1. The summed E-state index contributed by atoms with van der Waals surface area (Å²) in [7, 11) is 3.68. The molecule has 1 heterocycles. The van der Waals surface area contributed by atoms with Crippen molar-refractivity contribution in [3.05, 3.63) is 29.3 Å². The summed E-state index contributed by atoms with van der Waals surface area (Å²) in [5.74, 6) is 0.827. The lowest BCUT2D eigenvalue weighted by Crippen LogP contribution is -2.45. The van der Waals surface area contributed by atoms with Crippen LogP contribution < -0.4 is 10.5 Å². The van der Waals surface area contributed by atoms with Gasteiger partial charge in [-0.3, -0.25) is 4.90 Å². The van der Waals surface area contributed by atoms with Crippen molar-refractivity contribution in [2.45, 2.75) is 31.5 Å². The highest BCUT2D eigenvalue weighted by molar-refractivity contribution is 5.37. The summed E-state index contributed by atoms with van der Waals surface area (Å²) in [6.45, 7) is 3.17. The Morgan fingerprint density at radius 1 is 1.38 bits per heavy atom. The molecule has 5 nitrogen and oxygen atoms in total. The molecule has 0 saturated carbocycles. The standard InChI is InChI=1S/C16H26N2O3/c1-18(12-16(19)5-7-21-8-6-16)11-13-3-4-14(10-17)15(9-13)20-2/h3-4,9,19H,5-8,10-12,17H2,1-2H3. The van der Waals surface area contributed by atoms with Gasteiger partial charge in [-0.1, -0.05) is 12.1 Å². The number of nitrogens with zero attached hydrogens (tertiary/aromatic N) is 1. The molecule has 1 aromatic carbocycles. The third-order valence-corrected chi connectivity index (χ3v) is 4.01. The molecule has 0 aromatic heterocycles. The van der Waals surface area contributed by atoms with Crippen LogP contribution >= 0.6 is 0 Å². The maximum Gasteiger partial charge on any atom is 0.123 e. The Morgan fingerprint density at radius 3 is 2.71 bits per heavy atom. The third-order valence-electron chi connectivity index (χ3n) is 4.01. The highest BCUT2D eigenvalue weighted by Gasteiger charge is 2.30. The molecule has 0 bridgehead atoms. The molecule has 1 aromatic rings. The molecule has 1 aliphatic rings. The molecule has 0 radical (unpaired) electrons. The van der Waals surface area contributed by atoms with E-state index in [1.54, 1.807) is 7.11 Å². The smallest absolute Gasteiger partial charge is 0.123 e. The van der Waals surface area contributed by atoms with E-state index in [0.29, 0.717) is 39.1 Å². The summed E-state index contributed by atoms with van der Waals surface area (Å²) >= 11 is 0. The molecule has 5 heteroatoms. The molecular weight excluding hydrogens is 268 g/mol. The van der Waals surface area contributed by atoms with E-state index in [1.165, 1.54) is 0 Å². The molecule has 1 fully saturated rings. The highest BCUT2D eigenvalue weighted by Crippen LogP contribution is 2.24. The van der Waals surface area contributed by atoms with Gasteiger partial charge in [0.05, 0.1) is 12.7 Å². The van der Waals surface area contributed by atoms with Gasteiger partial charge < -0.3 is 20.3 Å². The molecule has 118 valence electrons. The lowest BCUT2D eigenvalue weighted by Gasteiger charge is -2.35. The van der Waals surface area contributed by atoms with Crippen molar-refractivity contribution in [2.75, 3.05) is 33.9 Å². The predicted octanol–water partition coefficient (Wildman–Crippen LogP) is 1.13. The minimum Gasteiger partial charge on any atom is -0.496 e. The van der Waals surface area contributed by atoms with E-state index >= 15 is 0 Å². The second kappa shape index (κ2) is 7.22. The van der Waals surface area contributed by atoms with Crippen LogP contribution in [0, 0.1) is 0 Å². The Bertz CT molecular complexity index is 459. The van der Waals surface area contributed by atoms with Gasteiger partial charge in [0.1, 0.15) is 5.75 Å². The fourth-order valence-electron chi connectivity index (χ4n) is 2.84. The van der Waals surface area contributed by atoms with E-state index in [4.69, 9.17) is 15.2 Å². The zero-order chi connectivity index (χ0) is 15.3. The molecule has 1 saturated heterocycles. The molecule has 2 rings (SSSR count). The maximum absolute atomic E-state index is 10.5. The third kappa shape index (κ3) is 4.41. The molecule has 1 aliphatic heterocycles. The quantitative estimate of drug-likeness (QED) is 0.823. The Balaban J connectivity index is 1.97. The Labute approximate surface area is 126 Å². The van der Waals surface area contributed by atoms with Crippen LogP contribution in [0.25, 0.3) is 0 Å². The zero-order valence-corrected chi connectivity index (χ0v) is 13.0. The number of rotatable bonds is 6. The van der Waals surface area contributed by atoms with Gasteiger partial charge >= 0.3 is 0 Å². The van der Waals surface area contributed by atoms with Crippen LogP contribution in [-0.4, -0.2) is 49.5 Å². The van der Waals surface area contributed by atoms with Crippen LogP contribution in [0.2, 0.25) is 0 Å². The number of likely N-dealkylation sites (N-methyl/N-ethyl adjacent to an activating group) is 1. The van der Waals surface area contributed by atoms with Gasteiger partial charge in [-0.15, -0.1) is 0 Å². The van der Waals surface area contributed by atoms with Crippen LogP contribution in [0.4, 0.5) is 0 Å². The van der Waals surface area contributed by atoms with E-state index in [-0.39, 0.29) is 0 Å². The summed E-state index contributed by atoms with van der Waals surface area (Å²) in [5.41, 5.74) is 7.21. The van der Waals surface area contributed by atoms with E-state index < -0.39 is 5.60 Å². The molecule has 21 heavy (non-hydrogen) atoms. The first-order valence-electron chi connectivity index (χ1n) is 7.41. The number of nitrogens with two attached hydrogens (primary N) is 1. The molecule has 0 spiro atoms. The van der Waals surface area contributed by atoms with E-state index in [2.05, 4.69) is 11.0 Å². The number of hydrogen-bond donors (Lipinski definition) is 2. The Morgan fingerprint density at radius 2 is 2.10 bits per heavy atom. The average Bonchev–Trinajstić information content (AvgIpc) is 2.47. The summed E-state index contributed by atoms with van der Waals surface area (Å²) in [6.07, 6.45) is 1.40. The topological polar surface area (TPSA) is 68.0 Å². The molecule has 0 amide bonds. The number of methoxy groups -OCH3 is 1. The number of benzene rings is 1. The maximum atomic E-state index is 10.5. The normalized spacial score (nSPS) is 18.0. The lowest BCUT2D eigenvalue weighted by atomic mass is 9.94. The van der Waals surface area contributed by atoms with Crippen LogP contribution in [0.3, 0.4) is 0 Å². The SMILES string of the molecule is COc1cc(CN(C)CC2(O)CCOCC2)ccc1CN. The van der Waals surface area contributed by atoms with Crippen molar-refractivity contribution in [3.63, 3.8) is 0 Å². The average molecular weight is 294 g/mol. The van der Waals surface area contributed by atoms with Crippen LogP contribution in [0.1, 0.15) is 24.0 Å². The second-order valence-corrected chi connectivity index (χ2v) is 5.86. The van der Waals surface area contributed by atoms with Crippen molar-refractivity contribution in [1.29, 1.82) is 0 Å². The van der Waals surface area contributed by atoms with Gasteiger partial charge in [-0.2, -0.15) is 0 Å². The van der Waals surface area contributed by atoms with E-state index in [9.17, 15) is 5.11 Å². The lowest BCUT2D eigenvalue weighted by molar-refractivity contribution is -0.0777.